The van der Waals surface area contributed by atoms with Gasteiger partial charge in [0.25, 0.3) is 0 Å². The number of fused-ring (bicyclic) bond motifs is 2. The van der Waals surface area contributed by atoms with E-state index >= 15 is 0 Å². The van der Waals surface area contributed by atoms with Gasteiger partial charge in [-0.15, -0.1) is 0 Å². The summed E-state index contributed by atoms with van der Waals surface area (Å²) in [6.07, 6.45) is 0. The minimum absolute atomic E-state index is 0.808. The van der Waals surface area contributed by atoms with E-state index in [0.29, 0.717) is 0 Å². The van der Waals surface area contributed by atoms with E-state index < -0.39 is 0 Å². The Morgan fingerprint density at radius 1 is 0.595 bits per heavy atom. The molecular formula is C30H34N6O. The monoisotopic (exact) mass is 494 g/mol. The van der Waals surface area contributed by atoms with Gasteiger partial charge in [-0.1, -0.05) is 52.0 Å². The molecule has 0 spiro atoms. The third-order valence-corrected chi connectivity index (χ3v) is 6.28. The van der Waals surface area contributed by atoms with Crippen molar-refractivity contribution in [1.29, 1.82) is 0 Å². The smallest absolute Gasteiger partial charge is 0.151 e. The fourth-order valence-electron chi connectivity index (χ4n) is 4.62. The van der Waals surface area contributed by atoms with Crippen molar-refractivity contribution < 1.29 is 4.42 Å². The number of rotatable bonds is 4. The number of furan rings is 1. The van der Waals surface area contributed by atoms with Crippen molar-refractivity contribution in [3.8, 4) is 22.9 Å². The summed E-state index contributed by atoms with van der Waals surface area (Å²) in [5.74, 6) is 3.54. The summed E-state index contributed by atoms with van der Waals surface area (Å²) >= 11 is 0. The normalized spacial score (nSPS) is 14.3. The van der Waals surface area contributed by atoms with E-state index in [1.165, 1.54) is 0 Å². The number of hydrogen-bond donors (Lipinski definition) is 4. The molecule has 3 aromatic heterocycles. The highest BCUT2D eigenvalue weighted by Gasteiger charge is 2.15. The van der Waals surface area contributed by atoms with Crippen molar-refractivity contribution in [2.24, 2.45) is 9.98 Å². The average molecular weight is 495 g/mol. The van der Waals surface area contributed by atoms with E-state index in [1.807, 2.05) is 39.8 Å². The Labute approximate surface area is 217 Å². The second-order valence-electron chi connectivity index (χ2n) is 8.45. The van der Waals surface area contributed by atoms with Gasteiger partial charge in [0, 0.05) is 46.0 Å². The molecule has 4 N–H and O–H groups in total. The van der Waals surface area contributed by atoms with Gasteiger partial charge in [0.05, 0.1) is 24.5 Å². The molecule has 0 amide bonds. The van der Waals surface area contributed by atoms with E-state index in [4.69, 9.17) is 4.42 Å². The lowest BCUT2D eigenvalue weighted by molar-refractivity contribution is 0.594. The summed E-state index contributed by atoms with van der Waals surface area (Å²) < 4.78 is 6.24. The molecular weight excluding hydrogens is 460 g/mol. The number of amidine groups is 2. The van der Waals surface area contributed by atoms with Crippen molar-refractivity contribution in [2.75, 3.05) is 26.2 Å². The van der Waals surface area contributed by atoms with E-state index in [0.717, 1.165) is 93.7 Å². The van der Waals surface area contributed by atoms with Crippen LogP contribution < -0.4 is 10.6 Å². The fraction of sp³-hybridized carbons (Fsp3) is 0.267. The van der Waals surface area contributed by atoms with Crippen LogP contribution in [-0.4, -0.2) is 47.8 Å². The van der Waals surface area contributed by atoms with Crippen LogP contribution in [0.5, 0.6) is 0 Å². The minimum Gasteiger partial charge on any atom is -0.453 e. The molecule has 5 heterocycles. The van der Waals surface area contributed by atoms with Crippen molar-refractivity contribution >= 4 is 33.5 Å². The third-order valence-electron chi connectivity index (χ3n) is 6.28. The van der Waals surface area contributed by atoms with Crippen LogP contribution in [0.4, 0.5) is 0 Å². The van der Waals surface area contributed by atoms with Gasteiger partial charge in [-0.05, 0) is 36.4 Å². The predicted molar refractivity (Wildman–Crippen MR) is 155 cm³/mol. The van der Waals surface area contributed by atoms with Crippen LogP contribution in [0.15, 0.2) is 75.1 Å². The first-order valence-corrected chi connectivity index (χ1v) is 13.2. The zero-order valence-corrected chi connectivity index (χ0v) is 21.9. The molecule has 2 aromatic carbocycles. The lowest BCUT2D eigenvalue weighted by Gasteiger charge is -2.01. The molecule has 7 rings (SSSR count). The number of hydrogen-bond acceptors (Lipinski definition) is 5. The van der Waals surface area contributed by atoms with Crippen molar-refractivity contribution in [2.45, 2.75) is 27.7 Å². The topological polar surface area (TPSA) is 93.5 Å². The average Bonchev–Trinajstić information content (AvgIpc) is 3.77. The van der Waals surface area contributed by atoms with Crippen molar-refractivity contribution in [3.05, 3.63) is 71.8 Å². The Hall–Kier alpha value is -4.26. The maximum Gasteiger partial charge on any atom is 0.151 e. The molecule has 190 valence electrons. The highest BCUT2D eigenvalue weighted by molar-refractivity contribution is 6.03. The molecule has 7 nitrogen and oxygen atoms in total. The van der Waals surface area contributed by atoms with Crippen LogP contribution in [0.1, 0.15) is 38.8 Å². The van der Waals surface area contributed by atoms with Crippen LogP contribution in [0.25, 0.3) is 44.7 Å². The Morgan fingerprint density at radius 2 is 1.05 bits per heavy atom. The first kappa shape index (κ1) is 24.4. The first-order chi connectivity index (χ1) is 18.3. The number of nitrogens with zero attached hydrogens (tertiary/aromatic N) is 2. The Balaban J connectivity index is 0.000000670. The molecule has 7 heteroatoms. The zero-order chi connectivity index (χ0) is 25.8. The molecule has 2 aliphatic heterocycles. The summed E-state index contributed by atoms with van der Waals surface area (Å²) in [5, 5.41) is 8.95. The lowest BCUT2D eigenvalue weighted by Crippen LogP contribution is -2.19. The second kappa shape index (κ2) is 10.8. The van der Waals surface area contributed by atoms with Gasteiger partial charge in [-0.25, -0.2) is 0 Å². The standard InChI is InChI=1S/C26H22N6O.2C2H6/c1-3-17(25-27-7-8-28-25)13-19-15(1)11-21(31-19)23-5-6-24(33-23)22-12-16-2-4-18(14-20(16)32-22)26-29-9-10-30-26;2*1-2/h1-6,11-14,31-32H,7-10H2,(H,27,28)(H,29,30);2*1-2H3. The molecule has 0 saturated heterocycles. The van der Waals surface area contributed by atoms with Gasteiger partial charge >= 0.3 is 0 Å². The Bertz CT molecular complexity index is 1470. The van der Waals surface area contributed by atoms with Gasteiger partial charge in [0.15, 0.2) is 11.5 Å². The van der Waals surface area contributed by atoms with Crippen LogP contribution in [0, 0.1) is 0 Å². The SMILES string of the molecule is CC.CC.c1cc2cc(-c3ccc(-c4cc5ccc(C6=NCCN6)cc5[nH]4)o3)[nH]c2cc1C1=NCCN1. The molecule has 0 unspecified atom stereocenters. The number of aromatic amines is 2. The molecule has 0 saturated carbocycles. The summed E-state index contributed by atoms with van der Waals surface area (Å²) in [7, 11) is 0. The molecule has 5 aromatic rings. The zero-order valence-electron chi connectivity index (χ0n) is 21.9. The van der Waals surface area contributed by atoms with E-state index in [9.17, 15) is 0 Å². The second-order valence-corrected chi connectivity index (χ2v) is 8.45. The number of nitrogens with one attached hydrogen (secondary N) is 4. The summed E-state index contributed by atoms with van der Waals surface area (Å²) in [5.41, 5.74) is 6.25. The number of H-pyrrole nitrogens is 2. The van der Waals surface area contributed by atoms with Crippen LogP contribution in [0.3, 0.4) is 0 Å². The quantitative estimate of drug-likeness (QED) is 0.235. The Kier molecular flexibility index (Phi) is 7.12. The van der Waals surface area contributed by atoms with Crippen LogP contribution >= 0.6 is 0 Å². The number of benzene rings is 2. The van der Waals surface area contributed by atoms with Crippen LogP contribution in [-0.2, 0) is 0 Å². The molecule has 0 bridgehead atoms. The highest BCUT2D eigenvalue weighted by Crippen LogP contribution is 2.32. The number of aromatic nitrogens is 2. The van der Waals surface area contributed by atoms with Gasteiger partial charge in [0.2, 0.25) is 0 Å². The maximum absolute atomic E-state index is 6.24. The summed E-state index contributed by atoms with van der Waals surface area (Å²) in [4.78, 5) is 16.0. The van der Waals surface area contributed by atoms with Gasteiger partial charge in [-0.2, -0.15) is 0 Å². The third kappa shape index (κ3) is 4.77. The fourth-order valence-corrected chi connectivity index (χ4v) is 4.62. The summed E-state index contributed by atoms with van der Waals surface area (Å²) in [6, 6.07) is 21.0. The molecule has 0 aliphatic carbocycles. The van der Waals surface area contributed by atoms with E-state index in [2.05, 4.69) is 79.1 Å². The first-order valence-electron chi connectivity index (χ1n) is 13.2. The molecule has 37 heavy (non-hydrogen) atoms. The maximum atomic E-state index is 6.24. The molecule has 0 radical (unpaired) electrons. The highest BCUT2D eigenvalue weighted by atomic mass is 16.3. The predicted octanol–water partition coefficient (Wildman–Crippen LogP) is 6.33. The largest absolute Gasteiger partial charge is 0.453 e. The van der Waals surface area contributed by atoms with Gasteiger partial charge in [0.1, 0.15) is 11.7 Å². The lowest BCUT2D eigenvalue weighted by atomic mass is 10.1. The minimum atomic E-state index is 0.808. The van der Waals surface area contributed by atoms with Crippen molar-refractivity contribution in [1.82, 2.24) is 20.6 Å². The van der Waals surface area contributed by atoms with Crippen molar-refractivity contribution in [3.63, 3.8) is 0 Å². The van der Waals surface area contributed by atoms with E-state index in [1.54, 1.807) is 0 Å². The van der Waals surface area contributed by atoms with Crippen LogP contribution in [0.2, 0.25) is 0 Å². The summed E-state index contributed by atoms with van der Waals surface area (Å²) in [6.45, 7) is 11.5. The molecule has 2 aliphatic rings. The van der Waals surface area contributed by atoms with Gasteiger partial charge in [-0.3, -0.25) is 9.98 Å². The number of aliphatic imine (C=N–C) groups is 2. The Morgan fingerprint density at radius 3 is 1.46 bits per heavy atom. The van der Waals surface area contributed by atoms with Gasteiger partial charge < -0.3 is 25.0 Å². The molecule has 0 atom stereocenters. The molecule has 0 fully saturated rings. The van der Waals surface area contributed by atoms with E-state index in [-0.39, 0.29) is 0 Å².